The van der Waals surface area contributed by atoms with Crippen LogP contribution in [0, 0.1) is 34.5 Å². The van der Waals surface area contributed by atoms with E-state index in [4.69, 9.17) is 0 Å². The van der Waals surface area contributed by atoms with Gasteiger partial charge in [-0.1, -0.05) is 25.5 Å². The van der Waals surface area contributed by atoms with E-state index in [-0.39, 0.29) is 16.9 Å². The second-order valence-corrected chi connectivity index (χ2v) is 11.9. The van der Waals surface area contributed by atoms with E-state index in [0.29, 0.717) is 11.8 Å². The summed E-state index contributed by atoms with van der Waals surface area (Å²) in [5, 5.41) is 21.9. The maximum atomic E-state index is 11.7. The maximum Gasteiger partial charge on any atom is 0.115 e. The molecule has 0 aliphatic heterocycles. The van der Waals surface area contributed by atoms with Gasteiger partial charge in [-0.2, -0.15) is 0 Å². The van der Waals surface area contributed by atoms with Crippen LogP contribution in [0.3, 0.4) is 0 Å². The second-order valence-electron chi connectivity index (χ2n) is 11.9. The van der Waals surface area contributed by atoms with Gasteiger partial charge in [-0.25, -0.2) is 9.97 Å². The standard InChI is InChI=1S/C27H40N2O2/c1-25-11-9-20(30)14-19(25)4-5-21-22-6-7-24(26(22,2)12-10-23(21)25)27(3,31)13-8-18-15-28-17-29-16-18/h4,15-17,20-24,30-31H,5-14H2,1-3H3/t20-,21-,22-,23-,24-,25-,26-,27+/m0/s1. The van der Waals surface area contributed by atoms with Crippen molar-refractivity contribution in [2.75, 3.05) is 0 Å². The van der Waals surface area contributed by atoms with Crippen molar-refractivity contribution in [1.29, 1.82) is 0 Å². The average Bonchev–Trinajstić information content (AvgIpc) is 3.12. The molecule has 3 saturated carbocycles. The van der Waals surface area contributed by atoms with Gasteiger partial charge < -0.3 is 10.2 Å². The monoisotopic (exact) mass is 424 g/mol. The van der Waals surface area contributed by atoms with E-state index in [1.165, 1.54) is 25.7 Å². The van der Waals surface area contributed by atoms with Crippen LogP contribution in [0.15, 0.2) is 30.4 Å². The summed E-state index contributed by atoms with van der Waals surface area (Å²) in [6.45, 7) is 7.08. The van der Waals surface area contributed by atoms with Gasteiger partial charge in [0.15, 0.2) is 0 Å². The molecule has 0 saturated heterocycles. The Hall–Kier alpha value is -1.26. The average molecular weight is 425 g/mol. The molecule has 0 aromatic carbocycles. The molecule has 31 heavy (non-hydrogen) atoms. The lowest BCUT2D eigenvalue weighted by atomic mass is 9.46. The van der Waals surface area contributed by atoms with Crippen LogP contribution in [0.1, 0.15) is 84.1 Å². The topological polar surface area (TPSA) is 66.2 Å². The largest absolute Gasteiger partial charge is 0.393 e. The third-order valence-corrected chi connectivity index (χ3v) is 10.4. The Bertz CT molecular complexity index is 837. The van der Waals surface area contributed by atoms with Gasteiger partial charge in [0.1, 0.15) is 6.33 Å². The number of aliphatic hydroxyl groups is 2. The van der Waals surface area contributed by atoms with Crippen molar-refractivity contribution in [3.8, 4) is 0 Å². The number of nitrogens with zero attached hydrogens (tertiary/aromatic N) is 2. The number of allylic oxidation sites excluding steroid dienone is 1. The fourth-order valence-electron chi connectivity index (χ4n) is 8.69. The lowest BCUT2D eigenvalue weighted by molar-refractivity contribution is -0.104. The number of aryl methyl sites for hydroxylation is 1. The smallest absolute Gasteiger partial charge is 0.115 e. The highest BCUT2D eigenvalue weighted by Crippen LogP contribution is 2.67. The minimum absolute atomic E-state index is 0.134. The number of hydrogen-bond acceptors (Lipinski definition) is 4. The molecule has 0 radical (unpaired) electrons. The molecule has 4 nitrogen and oxygen atoms in total. The number of aliphatic hydroxyl groups excluding tert-OH is 1. The first-order valence-corrected chi connectivity index (χ1v) is 12.6. The Labute approximate surface area is 187 Å². The fourth-order valence-corrected chi connectivity index (χ4v) is 8.69. The van der Waals surface area contributed by atoms with Gasteiger partial charge in [-0.3, -0.25) is 0 Å². The van der Waals surface area contributed by atoms with Gasteiger partial charge >= 0.3 is 0 Å². The summed E-state index contributed by atoms with van der Waals surface area (Å²) in [6.07, 6.45) is 18.4. The Morgan fingerprint density at radius 2 is 1.84 bits per heavy atom. The van der Waals surface area contributed by atoms with Gasteiger partial charge in [0, 0.05) is 12.4 Å². The van der Waals surface area contributed by atoms with E-state index in [9.17, 15) is 10.2 Å². The molecule has 1 heterocycles. The summed E-state index contributed by atoms with van der Waals surface area (Å²) in [6, 6.07) is 0. The van der Waals surface area contributed by atoms with Crippen LogP contribution in [0.2, 0.25) is 0 Å². The molecule has 2 N–H and O–H groups in total. The van der Waals surface area contributed by atoms with Crippen LogP contribution in [0.25, 0.3) is 0 Å². The minimum Gasteiger partial charge on any atom is -0.393 e. The van der Waals surface area contributed by atoms with Crippen molar-refractivity contribution in [2.45, 2.75) is 96.7 Å². The van der Waals surface area contributed by atoms with E-state index < -0.39 is 5.60 Å². The predicted octanol–water partition coefficient (Wildman–Crippen LogP) is 5.10. The zero-order valence-electron chi connectivity index (χ0n) is 19.6. The Kier molecular flexibility index (Phi) is 5.33. The van der Waals surface area contributed by atoms with Crippen LogP contribution in [-0.2, 0) is 6.42 Å². The molecular weight excluding hydrogens is 384 g/mol. The molecule has 1 aromatic rings. The van der Waals surface area contributed by atoms with Crippen molar-refractivity contribution in [3.63, 3.8) is 0 Å². The van der Waals surface area contributed by atoms with Crippen LogP contribution >= 0.6 is 0 Å². The van der Waals surface area contributed by atoms with Crippen molar-refractivity contribution >= 4 is 0 Å². The first-order valence-electron chi connectivity index (χ1n) is 12.6. The highest BCUT2D eigenvalue weighted by atomic mass is 16.3. The third kappa shape index (κ3) is 3.49. The van der Waals surface area contributed by atoms with Crippen LogP contribution in [0.4, 0.5) is 0 Å². The zero-order chi connectivity index (χ0) is 21.9. The molecule has 170 valence electrons. The fraction of sp³-hybridized carbons (Fsp3) is 0.778. The van der Waals surface area contributed by atoms with Crippen molar-refractivity contribution in [3.05, 3.63) is 35.9 Å². The SMILES string of the molecule is C[C@]12CC[C@H]3[C@@H](CC=C4C[C@@H](O)CC[C@@]43C)[C@@H]1CC[C@@H]2[C@](C)(O)CCc1cncnc1. The molecular formula is C27H40N2O2. The lowest BCUT2D eigenvalue weighted by Gasteiger charge is -2.59. The first kappa shape index (κ1) is 21.6. The molecule has 1 aromatic heterocycles. The van der Waals surface area contributed by atoms with E-state index in [1.54, 1.807) is 11.9 Å². The normalized spacial score (nSPS) is 43.9. The summed E-state index contributed by atoms with van der Waals surface area (Å²) in [5.41, 5.74) is 2.53. The summed E-state index contributed by atoms with van der Waals surface area (Å²) < 4.78 is 0. The summed E-state index contributed by atoms with van der Waals surface area (Å²) in [7, 11) is 0. The van der Waals surface area contributed by atoms with Gasteiger partial charge in [0.25, 0.3) is 0 Å². The molecule has 3 fully saturated rings. The molecule has 0 spiro atoms. The maximum absolute atomic E-state index is 11.7. The Morgan fingerprint density at radius 1 is 1.06 bits per heavy atom. The quantitative estimate of drug-likeness (QED) is 0.660. The van der Waals surface area contributed by atoms with E-state index >= 15 is 0 Å². The van der Waals surface area contributed by atoms with Crippen LogP contribution in [0.5, 0.6) is 0 Å². The highest BCUT2D eigenvalue weighted by molar-refractivity contribution is 5.25. The molecule has 4 aliphatic carbocycles. The highest BCUT2D eigenvalue weighted by Gasteiger charge is 2.61. The van der Waals surface area contributed by atoms with Crippen LogP contribution in [-0.4, -0.2) is 31.9 Å². The number of fused-ring (bicyclic) bond motifs is 5. The van der Waals surface area contributed by atoms with Gasteiger partial charge in [0.2, 0.25) is 0 Å². The van der Waals surface area contributed by atoms with Crippen molar-refractivity contribution in [1.82, 2.24) is 9.97 Å². The van der Waals surface area contributed by atoms with Crippen molar-refractivity contribution < 1.29 is 10.2 Å². The summed E-state index contributed by atoms with van der Waals surface area (Å²) in [5.74, 6) is 2.57. The molecule has 8 atom stereocenters. The summed E-state index contributed by atoms with van der Waals surface area (Å²) >= 11 is 0. The Morgan fingerprint density at radius 3 is 2.61 bits per heavy atom. The zero-order valence-corrected chi connectivity index (χ0v) is 19.6. The molecule has 5 rings (SSSR count). The molecule has 4 heteroatoms. The number of aromatic nitrogens is 2. The second kappa shape index (κ2) is 7.66. The van der Waals surface area contributed by atoms with Crippen molar-refractivity contribution in [2.24, 2.45) is 34.5 Å². The van der Waals surface area contributed by atoms with E-state index in [1.807, 2.05) is 12.4 Å². The molecule has 0 amide bonds. The van der Waals surface area contributed by atoms with Gasteiger partial charge in [-0.15, -0.1) is 0 Å². The Balaban J connectivity index is 1.35. The predicted molar refractivity (Wildman–Crippen MR) is 122 cm³/mol. The third-order valence-electron chi connectivity index (χ3n) is 10.4. The lowest BCUT2D eigenvalue weighted by Crippen LogP contribution is -2.53. The number of hydrogen-bond donors (Lipinski definition) is 2. The molecule has 0 unspecified atom stereocenters. The summed E-state index contributed by atoms with van der Waals surface area (Å²) in [4.78, 5) is 8.28. The van der Waals surface area contributed by atoms with Gasteiger partial charge in [0.05, 0.1) is 11.7 Å². The molecule has 4 aliphatic rings. The molecule has 0 bridgehead atoms. The number of rotatable bonds is 4. The van der Waals surface area contributed by atoms with E-state index in [0.717, 1.165) is 55.9 Å². The van der Waals surface area contributed by atoms with Crippen LogP contribution < -0.4 is 0 Å². The minimum atomic E-state index is -0.652. The first-order chi connectivity index (χ1) is 14.7. The van der Waals surface area contributed by atoms with E-state index in [2.05, 4.69) is 36.8 Å². The van der Waals surface area contributed by atoms with Gasteiger partial charge in [-0.05, 0) is 111 Å².